The van der Waals surface area contributed by atoms with Gasteiger partial charge in [-0.1, -0.05) is 30.9 Å². The van der Waals surface area contributed by atoms with E-state index in [1.165, 1.54) is 4.31 Å². The third-order valence-electron chi connectivity index (χ3n) is 4.15. The first-order valence-corrected chi connectivity index (χ1v) is 9.21. The lowest BCUT2D eigenvalue weighted by Gasteiger charge is -2.40. The monoisotopic (exact) mass is 330 g/mol. The van der Waals surface area contributed by atoms with Crippen LogP contribution in [0, 0.1) is 0 Å². The number of nitrogens with zero attached hydrogens (tertiary/aromatic N) is 2. The van der Waals surface area contributed by atoms with Crippen molar-refractivity contribution >= 4 is 21.6 Å². The van der Waals surface area contributed by atoms with Crippen LogP contribution in [0.3, 0.4) is 0 Å². The number of rotatable bonds is 4. The van der Waals surface area contributed by atoms with Gasteiger partial charge < -0.3 is 4.74 Å². The molecule has 2 heterocycles. The van der Waals surface area contributed by atoms with Crippen LogP contribution in [0.4, 0.5) is 0 Å². The minimum atomic E-state index is -3.16. The van der Waals surface area contributed by atoms with Crippen LogP contribution in [0.25, 0.3) is 0 Å². The Morgan fingerprint density at radius 3 is 2.62 bits per heavy atom. The highest BCUT2D eigenvalue weighted by Gasteiger charge is 2.41. The molecular formula is C14H19ClN2O3S. The molecular weight excluding hydrogens is 312 g/mol. The molecule has 21 heavy (non-hydrogen) atoms. The second-order valence-corrected chi connectivity index (χ2v) is 8.27. The molecule has 0 bridgehead atoms. The van der Waals surface area contributed by atoms with E-state index >= 15 is 0 Å². The van der Waals surface area contributed by atoms with Gasteiger partial charge in [-0.05, 0) is 25.0 Å². The van der Waals surface area contributed by atoms with Crippen molar-refractivity contribution in [2.24, 2.45) is 0 Å². The molecule has 0 N–H and O–H groups in total. The molecule has 1 saturated carbocycles. The first kappa shape index (κ1) is 15.1. The summed E-state index contributed by atoms with van der Waals surface area (Å²) < 4.78 is 32.1. The molecule has 0 atom stereocenters. The van der Waals surface area contributed by atoms with E-state index in [1.807, 2.05) is 0 Å². The number of pyridine rings is 1. The summed E-state index contributed by atoms with van der Waals surface area (Å²) in [6.07, 6.45) is 6.21. The van der Waals surface area contributed by atoms with Crippen LogP contribution in [0.1, 0.15) is 32.1 Å². The zero-order valence-corrected chi connectivity index (χ0v) is 13.3. The summed E-state index contributed by atoms with van der Waals surface area (Å²) in [6.45, 7) is 0.789. The van der Waals surface area contributed by atoms with Crippen LogP contribution in [-0.4, -0.2) is 42.2 Å². The van der Waals surface area contributed by atoms with Crippen molar-refractivity contribution in [2.75, 3.05) is 13.1 Å². The van der Waals surface area contributed by atoms with Gasteiger partial charge in [0.25, 0.3) is 0 Å². The molecule has 0 aromatic carbocycles. The molecule has 3 rings (SSSR count). The van der Waals surface area contributed by atoms with Gasteiger partial charge in [-0.3, -0.25) is 0 Å². The summed E-state index contributed by atoms with van der Waals surface area (Å²) in [5.74, 6) is 0.374. The highest BCUT2D eigenvalue weighted by molar-refractivity contribution is 7.89. The maximum absolute atomic E-state index is 12.5. The Morgan fingerprint density at radius 1 is 1.24 bits per heavy atom. The first-order chi connectivity index (χ1) is 10.1. The van der Waals surface area contributed by atoms with E-state index in [9.17, 15) is 8.42 Å². The number of ether oxygens (including phenoxy) is 1. The van der Waals surface area contributed by atoms with E-state index in [4.69, 9.17) is 16.3 Å². The molecule has 2 fully saturated rings. The molecule has 1 saturated heterocycles. The minimum Gasteiger partial charge on any atom is -0.470 e. The lowest BCUT2D eigenvalue weighted by Crippen LogP contribution is -2.58. The number of hydrogen-bond donors (Lipinski definition) is 0. The fourth-order valence-corrected chi connectivity index (χ4v) is 5.14. The van der Waals surface area contributed by atoms with Crippen LogP contribution in [0.15, 0.2) is 18.3 Å². The highest BCUT2D eigenvalue weighted by Crippen LogP contribution is 2.30. The lowest BCUT2D eigenvalue weighted by molar-refractivity contribution is 0.0711. The molecule has 1 aromatic rings. The van der Waals surface area contributed by atoms with E-state index in [-0.39, 0.29) is 11.4 Å². The summed E-state index contributed by atoms with van der Waals surface area (Å²) in [5, 5.41) is 0.247. The molecule has 5 nitrogen and oxygen atoms in total. The quantitative estimate of drug-likeness (QED) is 0.851. The van der Waals surface area contributed by atoms with E-state index in [0.29, 0.717) is 24.0 Å². The number of aromatic nitrogens is 1. The molecule has 0 amide bonds. The molecule has 1 aromatic heterocycles. The molecule has 0 radical (unpaired) electrons. The van der Waals surface area contributed by atoms with Crippen LogP contribution in [-0.2, 0) is 10.0 Å². The summed E-state index contributed by atoms with van der Waals surface area (Å²) in [5.41, 5.74) is 0. The lowest BCUT2D eigenvalue weighted by atomic mass is 10.0. The molecule has 1 aliphatic heterocycles. The zero-order chi connectivity index (χ0) is 14.9. The number of sulfonamides is 1. The summed E-state index contributed by atoms with van der Waals surface area (Å²) >= 11 is 5.98. The fourth-order valence-electron chi connectivity index (χ4n) is 2.87. The van der Waals surface area contributed by atoms with Crippen molar-refractivity contribution in [3.63, 3.8) is 0 Å². The maximum atomic E-state index is 12.5. The van der Waals surface area contributed by atoms with Crippen LogP contribution in [0.5, 0.6) is 5.88 Å². The molecule has 2 aliphatic rings. The van der Waals surface area contributed by atoms with E-state index < -0.39 is 10.0 Å². The summed E-state index contributed by atoms with van der Waals surface area (Å²) in [4.78, 5) is 4.06. The number of halogens is 1. The highest BCUT2D eigenvalue weighted by atomic mass is 35.5. The van der Waals surface area contributed by atoms with Gasteiger partial charge in [0.05, 0.1) is 18.3 Å². The predicted octanol–water partition coefficient (Wildman–Crippen LogP) is 2.46. The Bertz CT molecular complexity index is 596. The summed E-state index contributed by atoms with van der Waals surface area (Å²) in [6, 6.07) is 3.44. The van der Waals surface area contributed by atoms with Gasteiger partial charge in [0.2, 0.25) is 15.9 Å². The first-order valence-electron chi connectivity index (χ1n) is 7.33. The maximum Gasteiger partial charge on any atom is 0.232 e. The third-order valence-corrected chi connectivity index (χ3v) is 6.77. The molecule has 116 valence electrons. The Kier molecular flexibility index (Phi) is 4.38. The fraction of sp³-hybridized carbons (Fsp3) is 0.643. The predicted molar refractivity (Wildman–Crippen MR) is 81.0 cm³/mol. The normalized spacial score (nSPS) is 22.0. The van der Waals surface area contributed by atoms with Gasteiger partial charge in [-0.25, -0.2) is 13.4 Å². The minimum absolute atomic E-state index is 0.157. The van der Waals surface area contributed by atoms with Gasteiger partial charge in [-0.2, -0.15) is 4.31 Å². The van der Waals surface area contributed by atoms with E-state index in [1.54, 1.807) is 18.3 Å². The average Bonchev–Trinajstić information content (AvgIpc) is 2.45. The topological polar surface area (TPSA) is 59.5 Å². The van der Waals surface area contributed by atoms with Gasteiger partial charge in [-0.15, -0.1) is 0 Å². The van der Waals surface area contributed by atoms with Gasteiger partial charge in [0.15, 0.2) is 0 Å². The Morgan fingerprint density at radius 2 is 1.95 bits per heavy atom. The SMILES string of the molecule is O=S(=O)(C1CCCCC1)N1CC(Oc2ncccc2Cl)C1. The Balaban J connectivity index is 1.56. The largest absolute Gasteiger partial charge is 0.470 e. The molecule has 1 aliphatic carbocycles. The standard InChI is InChI=1S/C14H19ClN2O3S/c15-13-7-4-8-16-14(13)20-11-9-17(10-11)21(18,19)12-5-2-1-3-6-12/h4,7-8,11-12H,1-3,5-6,9-10H2. The summed E-state index contributed by atoms with van der Waals surface area (Å²) in [7, 11) is -3.16. The zero-order valence-electron chi connectivity index (χ0n) is 11.7. The Hall–Kier alpha value is -0.850. The number of hydrogen-bond acceptors (Lipinski definition) is 4. The molecule has 7 heteroatoms. The van der Waals surface area contributed by atoms with E-state index in [0.717, 1.165) is 32.1 Å². The molecule has 0 unspecified atom stereocenters. The third kappa shape index (κ3) is 3.17. The van der Waals surface area contributed by atoms with Crippen molar-refractivity contribution in [3.05, 3.63) is 23.4 Å². The van der Waals surface area contributed by atoms with Gasteiger partial charge in [0, 0.05) is 6.20 Å². The van der Waals surface area contributed by atoms with E-state index in [2.05, 4.69) is 4.98 Å². The van der Waals surface area contributed by atoms with Crippen molar-refractivity contribution in [2.45, 2.75) is 43.5 Å². The van der Waals surface area contributed by atoms with Crippen LogP contribution < -0.4 is 4.74 Å². The second-order valence-electron chi connectivity index (χ2n) is 5.65. The van der Waals surface area contributed by atoms with Gasteiger partial charge in [0.1, 0.15) is 11.1 Å². The Labute approximate surface area is 130 Å². The van der Waals surface area contributed by atoms with Crippen molar-refractivity contribution < 1.29 is 13.2 Å². The van der Waals surface area contributed by atoms with Gasteiger partial charge >= 0.3 is 0 Å². The average molecular weight is 331 g/mol. The van der Waals surface area contributed by atoms with Crippen molar-refractivity contribution in [3.8, 4) is 5.88 Å². The van der Waals surface area contributed by atoms with Crippen molar-refractivity contribution in [1.82, 2.24) is 9.29 Å². The second kappa shape index (κ2) is 6.10. The smallest absolute Gasteiger partial charge is 0.232 e. The van der Waals surface area contributed by atoms with Crippen molar-refractivity contribution in [1.29, 1.82) is 0 Å². The van der Waals surface area contributed by atoms with Crippen LogP contribution in [0.2, 0.25) is 5.02 Å². The molecule has 0 spiro atoms. The van der Waals surface area contributed by atoms with Crippen LogP contribution >= 0.6 is 11.6 Å².